The fourth-order valence-corrected chi connectivity index (χ4v) is 3.44. The van der Waals surface area contributed by atoms with E-state index in [-0.39, 0.29) is 5.91 Å². The van der Waals surface area contributed by atoms with Gasteiger partial charge < -0.3 is 10.2 Å². The Morgan fingerprint density at radius 2 is 1.69 bits per heavy atom. The minimum atomic E-state index is -0.0474. The standard InChI is InChI=1S/C21H26ClN3O/c1-24-11-13-25(14-12-24)20(15-17-5-3-2-4-6-17)16-23-21(26)18-7-9-19(22)10-8-18/h2-10,20H,11-16H2,1H3,(H,23,26). The van der Waals surface area contributed by atoms with E-state index in [9.17, 15) is 4.79 Å². The third-order valence-electron chi connectivity index (χ3n) is 4.97. The predicted molar refractivity (Wildman–Crippen MR) is 107 cm³/mol. The molecule has 0 aromatic heterocycles. The Morgan fingerprint density at radius 3 is 2.35 bits per heavy atom. The molecule has 138 valence electrons. The first-order valence-electron chi connectivity index (χ1n) is 9.12. The lowest BCUT2D eigenvalue weighted by Crippen LogP contribution is -2.53. The maximum atomic E-state index is 12.5. The topological polar surface area (TPSA) is 35.6 Å². The highest BCUT2D eigenvalue weighted by molar-refractivity contribution is 6.30. The summed E-state index contributed by atoms with van der Waals surface area (Å²) in [5.41, 5.74) is 1.95. The van der Waals surface area contributed by atoms with Crippen LogP contribution in [-0.4, -0.2) is 61.5 Å². The summed E-state index contributed by atoms with van der Waals surface area (Å²) in [7, 11) is 2.16. The van der Waals surface area contributed by atoms with Crippen molar-refractivity contribution in [2.75, 3.05) is 39.8 Å². The number of benzene rings is 2. The number of hydrogen-bond donors (Lipinski definition) is 1. The Hall–Kier alpha value is -1.88. The molecule has 1 fully saturated rings. The van der Waals surface area contributed by atoms with E-state index in [1.165, 1.54) is 5.56 Å². The summed E-state index contributed by atoms with van der Waals surface area (Å²) < 4.78 is 0. The van der Waals surface area contributed by atoms with Crippen molar-refractivity contribution in [1.82, 2.24) is 15.1 Å². The Kier molecular flexibility index (Phi) is 6.67. The van der Waals surface area contributed by atoms with Gasteiger partial charge in [0.25, 0.3) is 5.91 Å². The molecule has 5 heteroatoms. The van der Waals surface area contributed by atoms with E-state index in [4.69, 9.17) is 11.6 Å². The van der Waals surface area contributed by atoms with Gasteiger partial charge in [-0.15, -0.1) is 0 Å². The summed E-state index contributed by atoms with van der Waals surface area (Å²) >= 11 is 5.91. The van der Waals surface area contributed by atoms with Gasteiger partial charge in [-0.25, -0.2) is 0 Å². The van der Waals surface area contributed by atoms with Crippen LogP contribution < -0.4 is 5.32 Å². The van der Waals surface area contributed by atoms with Gasteiger partial charge in [-0.3, -0.25) is 9.69 Å². The second-order valence-electron chi connectivity index (χ2n) is 6.90. The number of amides is 1. The van der Waals surface area contributed by atoms with E-state index in [2.05, 4.69) is 46.4 Å². The molecule has 1 aliphatic rings. The monoisotopic (exact) mass is 371 g/mol. The van der Waals surface area contributed by atoms with Crippen LogP contribution in [0.25, 0.3) is 0 Å². The van der Waals surface area contributed by atoms with Crippen LogP contribution in [0.1, 0.15) is 15.9 Å². The van der Waals surface area contributed by atoms with Crippen molar-refractivity contribution in [3.05, 3.63) is 70.7 Å². The molecule has 1 atom stereocenters. The molecule has 0 radical (unpaired) electrons. The number of rotatable bonds is 6. The molecule has 1 saturated heterocycles. The molecular weight excluding hydrogens is 346 g/mol. The minimum absolute atomic E-state index is 0.0474. The van der Waals surface area contributed by atoms with Crippen molar-refractivity contribution in [3.63, 3.8) is 0 Å². The molecule has 1 aliphatic heterocycles. The lowest BCUT2D eigenvalue weighted by atomic mass is 10.0. The number of nitrogens with zero attached hydrogens (tertiary/aromatic N) is 2. The van der Waals surface area contributed by atoms with Crippen molar-refractivity contribution < 1.29 is 4.79 Å². The quantitative estimate of drug-likeness (QED) is 0.848. The summed E-state index contributed by atoms with van der Waals surface area (Å²) in [5, 5.41) is 3.75. The molecule has 1 unspecified atom stereocenters. The van der Waals surface area contributed by atoms with Crippen LogP contribution in [0, 0.1) is 0 Å². The summed E-state index contributed by atoms with van der Waals surface area (Å²) in [6, 6.07) is 17.8. The van der Waals surface area contributed by atoms with Crippen molar-refractivity contribution in [2.24, 2.45) is 0 Å². The van der Waals surface area contributed by atoms with Gasteiger partial charge in [-0.05, 0) is 43.3 Å². The zero-order chi connectivity index (χ0) is 18.4. The smallest absolute Gasteiger partial charge is 0.251 e. The van der Waals surface area contributed by atoms with Gasteiger partial charge in [-0.2, -0.15) is 0 Å². The van der Waals surface area contributed by atoms with Crippen molar-refractivity contribution in [1.29, 1.82) is 0 Å². The van der Waals surface area contributed by atoms with E-state index in [1.54, 1.807) is 24.3 Å². The van der Waals surface area contributed by atoms with Gasteiger partial charge in [0.2, 0.25) is 0 Å². The number of likely N-dealkylation sites (N-methyl/N-ethyl adjacent to an activating group) is 1. The molecule has 2 aromatic rings. The Labute approximate surface area is 160 Å². The third-order valence-corrected chi connectivity index (χ3v) is 5.23. The molecule has 3 rings (SSSR count). The Morgan fingerprint density at radius 1 is 1.04 bits per heavy atom. The van der Waals surface area contributed by atoms with E-state index in [0.717, 1.165) is 32.6 Å². The van der Waals surface area contributed by atoms with Crippen LogP contribution in [0.4, 0.5) is 0 Å². The second kappa shape index (κ2) is 9.17. The Bertz CT molecular complexity index is 697. The third kappa shape index (κ3) is 5.31. The summed E-state index contributed by atoms with van der Waals surface area (Å²) in [6.45, 7) is 4.84. The highest BCUT2D eigenvalue weighted by Gasteiger charge is 2.23. The van der Waals surface area contributed by atoms with Gasteiger partial charge in [0.1, 0.15) is 0 Å². The summed E-state index contributed by atoms with van der Waals surface area (Å²) in [4.78, 5) is 17.3. The van der Waals surface area contributed by atoms with E-state index >= 15 is 0 Å². The molecule has 26 heavy (non-hydrogen) atoms. The normalized spacial score (nSPS) is 17.0. The molecule has 1 heterocycles. The van der Waals surface area contributed by atoms with Crippen LogP contribution >= 0.6 is 11.6 Å². The van der Waals surface area contributed by atoms with Crippen LogP contribution in [0.3, 0.4) is 0 Å². The molecule has 0 aliphatic carbocycles. The average Bonchev–Trinajstić information content (AvgIpc) is 2.67. The maximum Gasteiger partial charge on any atom is 0.251 e. The first-order chi connectivity index (χ1) is 12.6. The number of carbonyl (C=O) groups is 1. The first-order valence-corrected chi connectivity index (χ1v) is 9.50. The van der Waals surface area contributed by atoms with Crippen LogP contribution in [0.5, 0.6) is 0 Å². The number of nitrogens with one attached hydrogen (secondary N) is 1. The summed E-state index contributed by atoms with van der Waals surface area (Å²) in [6.07, 6.45) is 0.936. The van der Waals surface area contributed by atoms with Crippen molar-refractivity contribution in [2.45, 2.75) is 12.5 Å². The minimum Gasteiger partial charge on any atom is -0.350 e. The molecule has 4 nitrogen and oxygen atoms in total. The molecular formula is C21H26ClN3O. The average molecular weight is 372 g/mol. The fraction of sp³-hybridized carbons (Fsp3) is 0.381. The van der Waals surface area contributed by atoms with E-state index in [1.807, 2.05) is 6.07 Å². The highest BCUT2D eigenvalue weighted by Crippen LogP contribution is 2.13. The predicted octanol–water partition coefficient (Wildman–Crippen LogP) is 2.93. The molecule has 0 saturated carbocycles. The van der Waals surface area contributed by atoms with E-state index < -0.39 is 0 Å². The molecule has 0 bridgehead atoms. The van der Waals surface area contributed by atoms with Crippen LogP contribution in [-0.2, 0) is 6.42 Å². The molecule has 1 amide bonds. The van der Waals surface area contributed by atoms with Crippen molar-refractivity contribution >= 4 is 17.5 Å². The summed E-state index contributed by atoms with van der Waals surface area (Å²) in [5.74, 6) is -0.0474. The number of piperazine rings is 1. The van der Waals surface area contributed by atoms with Gasteiger partial charge >= 0.3 is 0 Å². The highest BCUT2D eigenvalue weighted by atomic mass is 35.5. The Balaban J connectivity index is 1.64. The molecule has 1 N–H and O–H groups in total. The fourth-order valence-electron chi connectivity index (χ4n) is 3.32. The van der Waals surface area contributed by atoms with E-state index in [0.29, 0.717) is 23.2 Å². The largest absolute Gasteiger partial charge is 0.350 e. The zero-order valence-corrected chi connectivity index (χ0v) is 16.0. The van der Waals surface area contributed by atoms with Crippen LogP contribution in [0.15, 0.2) is 54.6 Å². The van der Waals surface area contributed by atoms with Gasteiger partial charge in [0.05, 0.1) is 0 Å². The number of hydrogen-bond acceptors (Lipinski definition) is 3. The zero-order valence-electron chi connectivity index (χ0n) is 15.2. The number of halogens is 1. The van der Waals surface area contributed by atoms with Crippen LogP contribution in [0.2, 0.25) is 5.02 Å². The second-order valence-corrected chi connectivity index (χ2v) is 7.34. The number of carbonyl (C=O) groups excluding carboxylic acids is 1. The lowest BCUT2D eigenvalue weighted by molar-refractivity contribution is 0.0886. The lowest BCUT2D eigenvalue weighted by Gasteiger charge is -2.38. The maximum absolute atomic E-state index is 12.5. The molecule has 2 aromatic carbocycles. The van der Waals surface area contributed by atoms with Gasteiger partial charge in [0.15, 0.2) is 0 Å². The van der Waals surface area contributed by atoms with Gasteiger partial charge in [-0.1, -0.05) is 41.9 Å². The van der Waals surface area contributed by atoms with Gasteiger partial charge in [0, 0.05) is 49.4 Å². The van der Waals surface area contributed by atoms with Crippen molar-refractivity contribution in [3.8, 4) is 0 Å². The SMILES string of the molecule is CN1CCN(C(CNC(=O)c2ccc(Cl)cc2)Cc2ccccc2)CC1. The first kappa shape index (κ1) is 18.9. The molecule has 0 spiro atoms.